The van der Waals surface area contributed by atoms with Crippen LogP contribution in [0.15, 0.2) is 24.4 Å². The Labute approximate surface area is 119 Å². The first-order valence-corrected chi connectivity index (χ1v) is 7.64. The molecule has 3 nitrogen and oxygen atoms in total. The summed E-state index contributed by atoms with van der Waals surface area (Å²) in [4.78, 5) is 0. The summed E-state index contributed by atoms with van der Waals surface area (Å²) in [5, 5.41) is 9.00. The average Bonchev–Trinajstić information content (AvgIpc) is 2.44. The molecule has 1 atom stereocenters. The van der Waals surface area contributed by atoms with E-state index in [0.29, 0.717) is 6.54 Å². The predicted octanol–water partition coefficient (Wildman–Crippen LogP) is 3.48. The maximum atomic E-state index is 9.00. The van der Waals surface area contributed by atoms with E-state index in [1.54, 1.807) is 12.3 Å². The van der Waals surface area contributed by atoms with Crippen molar-refractivity contribution < 1.29 is 5.11 Å². The first kappa shape index (κ1) is 20.5. The van der Waals surface area contributed by atoms with E-state index in [2.05, 4.69) is 13.8 Å². The maximum absolute atomic E-state index is 9.00. The van der Waals surface area contributed by atoms with E-state index < -0.39 is 6.10 Å². The fourth-order valence-electron chi connectivity index (χ4n) is 1.45. The molecule has 0 amide bonds. The Morgan fingerprint density at radius 2 is 1.47 bits per heavy atom. The fourth-order valence-corrected chi connectivity index (χ4v) is 1.45. The van der Waals surface area contributed by atoms with Crippen LogP contribution in [-0.4, -0.2) is 17.8 Å². The molecule has 114 valence electrons. The molecule has 19 heavy (non-hydrogen) atoms. The minimum Gasteiger partial charge on any atom is -0.405 e. The lowest BCUT2D eigenvalue weighted by atomic mass is 10.2. The zero-order valence-electron chi connectivity index (χ0n) is 12.9. The highest BCUT2D eigenvalue weighted by molar-refractivity contribution is 4.88. The molecular formula is C16H34N2O. The van der Waals surface area contributed by atoms with Crippen LogP contribution in [0.1, 0.15) is 65.2 Å². The molecule has 1 unspecified atom stereocenters. The molecule has 0 aromatic heterocycles. The van der Waals surface area contributed by atoms with Crippen molar-refractivity contribution in [3.05, 3.63) is 24.4 Å². The molecule has 0 saturated heterocycles. The van der Waals surface area contributed by atoms with Crippen LogP contribution in [0.4, 0.5) is 0 Å². The lowest BCUT2D eigenvalue weighted by Crippen LogP contribution is -2.16. The molecule has 0 aliphatic rings. The van der Waals surface area contributed by atoms with Gasteiger partial charge >= 0.3 is 0 Å². The average molecular weight is 270 g/mol. The number of hydrogen-bond acceptors (Lipinski definition) is 3. The molecule has 0 spiro atoms. The Morgan fingerprint density at radius 3 is 1.89 bits per heavy atom. The Bertz CT molecular complexity index is 203. The molecule has 0 aromatic carbocycles. The van der Waals surface area contributed by atoms with Crippen molar-refractivity contribution in [2.24, 2.45) is 11.5 Å². The SMILES string of the molecule is CCCCC/C=C/C(O)CN.CCCCC/C=C/N. The zero-order valence-corrected chi connectivity index (χ0v) is 12.9. The first-order chi connectivity index (χ1) is 9.22. The van der Waals surface area contributed by atoms with Crippen molar-refractivity contribution >= 4 is 0 Å². The normalized spacial score (nSPS) is 12.6. The second-order valence-electron chi connectivity index (χ2n) is 4.65. The molecule has 3 heteroatoms. The molecular weight excluding hydrogens is 236 g/mol. The van der Waals surface area contributed by atoms with Crippen molar-refractivity contribution in [3.63, 3.8) is 0 Å². The summed E-state index contributed by atoms with van der Waals surface area (Å²) in [6.45, 7) is 4.70. The second-order valence-corrected chi connectivity index (χ2v) is 4.65. The van der Waals surface area contributed by atoms with Crippen LogP contribution in [0, 0.1) is 0 Å². The molecule has 0 heterocycles. The number of nitrogens with two attached hydrogens (primary N) is 2. The van der Waals surface area contributed by atoms with Crippen LogP contribution in [0.2, 0.25) is 0 Å². The van der Waals surface area contributed by atoms with Gasteiger partial charge in [-0.1, -0.05) is 57.8 Å². The van der Waals surface area contributed by atoms with Gasteiger partial charge in [-0.3, -0.25) is 0 Å². The summed E-state index contributed by atoms with van der Waals surface area (Å²) >= 11 is 0. The van der Waals surface area contributed by atoms with E-state index in [1.165, 1.54) is 38.5 Å². The molecule has 0 aliphatic heterocycles. The van der Waals surface area contributed by atoms with Gasteiger partial charge in [0.1, 0.15) is 0 Å². The molecule has 0 saturated carbocycles. The number of aliphatic hydroxyl groups is 1. The lowest BCUT2D eigenvalue weighted by molar-refractivity contribution is 0.231. The summed E-state index contributed by atoms with van der Waals surface area (Å²) in [5.74, 6) is 0. The molecule has 0 radical (unpaired) electrons. The number of aliphatic hydroxyl groups excluding tert-OH is 1. The minimum atomic E-state index is -0.448. The summed E-state index contributed by atoms with van der Waals surface area (Å²) in [6.07, 6.45) is 16.8. The summed E-state index contributed by atoms with van der Waals surface area (Å²) < 4.78 is 0. The quantitative estimate of drug-likeness (QED) is 0.420. The van der Waals surface area contributed by atoms with Gasteiger partial charge in [0.05, 0.1) is 6.10 Å². The predicted molar refractivity (Wildman–Crippen MR) is 85.8 cm³/mol. The third-order valence-corrected chi connectivity index (χ3v) is 2.68. The van der Waals surface area contributed by atoms with Crippen LogP contribution >= 0.6 is 0 Å². The van der Waals surface area contributed by atoms with E-state index in [4.69, 9.17) is 16.6 Å². The smallest absolute Gasteiger partial charge is 0.0843 e. The molecule has 0 aromatic rings. The van der Waals surface area contributed by atoms with Gasteiger partial charge in [-0.25, -0.2) is 0 Å². The highest BCUT2D eigenvalue weighted by Gasteiger charge is 1.90. The molecule has 5 N–H and O–H groups in total. The number of allylic oxidation sites excluding steroid dienone is 2. The zero-order chi connectivity index (χ0) is 14.8. The monoisotopic (exact) mass is 270 g/mol. The van der Waals surface area contributed by atoms with E-state index in [1.807, 2.05) is 12.2 Å². The number of hydrogen-bond donors (Lipinski definition) is 3. The van der Waals surface area contributed by atoms with Gasteiger partial charge in [0.25, 0.3) is 0 Å². The molecule has 0 aliphatic carbocycles. The maximum Gasteiger partial charge on any atom is 0.0843 e. The Morgan fingerprint density at radius 1 is 0.947 bits per heavy atom. The van der Waals surface area contributed by atoms with Crippen molar-refractivity contribution in [2.45, 2.75) is 71.3 Å². The minimum absolute atomic E-state index is 0.324. The van der Waals surface area contributed by atoms with Crippen LogP contribution in [0.25, 0.3) is 0 Å². The highest BCUT2D eigenvalue weighted by Crippen LogP contribution is 2.00. The Hall–Kier alpha value is -0.800. The number of rotatable bonds is 10. The molecule has 0 fully saturated rings. The summed E-state index contributed by atoms with van der Waals surface area (Å²) in [5.41, 5.74) is 10.3. The van der Waals surface area contributed by atoms with Crippen molar-refractivity contribution in [1.82, 2.24) is 0 Å². The van der Waals surface area contributed by atoms with E-state index >= 15 is 0 Å². The van der Waals surface area contributed by atoms with Crippen molar-refractivity contribution in [3.8, 4) is 0 Å². The lowest BCUT2D eigenvalue weighted by Gasteiger charge is -1.98. The molecule has 0 bridgehead atoms. The standard InChI is InChI=1S/C9H19NO.C7H15N/c1-2-3-4-5-6-7-9(11)8-10;1-2-3-4-5-6-7-8/h6-7,9,11H,2-5,8,10H2,1H3;6-7H,2-5,8H2,1H3/b2*7-6+. The van der Waals surface area contributed by atoms with Gasteiger partial charge in [0.2, 0.25) is 0 Å². The van der Waals surface area contributed by atoms with Crippen molar-refractivity contribution in [2.75, 3.05) is 6.54 Å². The molecule has 0 rings (SSSR count). The Kier molecular flexibility index (Phi) is 21.1. The number of unbranched alkanes of at least 4 members (excludes halogenated alkanes) is 6. The van der Waals surface area contributed by atoms with Crippen LogP contribution in [-0.2, 0) is 0 Å². The summed E-state index contributed by atoms with van der Waals surface area (Å²) in [6, 6.07) is 0. The third-order valence-electron chi connectivity index (χ3n) is 2.68. The Balaban J connectivity index is 0. The second kappa shape index (κ2) is 19.5. The largest absolute Gasteiger partial charge is 0.405 e. The third kappa shape index (κ3) is 22.8. The van der Waals surface area contributed by atoms with Crippen molar-refractivity contribution in [1.29, 1.82) is 0 Å². The first-order valence-electron chi connectivity index (χ1n) is 7.64. The van der Waals surface area contributed by atoms with E-state index in [9.17, 15) is 0 Å². The van der Waals surface area contributed by atoms with Crippen LogP contribution in [0.5, 0.6) is 0 Å². The van der Waals surface area contributed by atoms with Crippen LogP contribution in [0.3, 0.4) is 0 Å². The van der Waals surface area contributed by atoms with Gasteiger partial charge < -0.3 is 16.6 Å². The van der Waals surface area contributed by atoms with Gasteiger partial charge in [0.15, 0.2) is 0 Å². The highest BCUT2D eigenvalue weighted by atomic mass is 16.3. The van der Waals surface area contributed by atoms with Gasteiger partial charge in [-0.05, 0) is 31.9 Å². The van der Waals surface area contributed by atoms with E-state index in [0.717, 1.165) is 12.8 Å². The van der Waals surface area contributed by atoms with Gasteiger partial charge in [0, 0.05) is 6.54 Å². The topological polar surface area (TPSA) is 72.3 Å². The van der Waals surface area contributed by atoms with Gasteiger partial charge in [-0.2, -0.15) is 0 Å². The summed E-state index contributed by atoms with van der Waals surface area (Å²) in [7, 11) is 0. The van der Waals surface area contributed by atoms with E-state index in [-0.39, 0.29) is 0 Å². The van der Waals surface area contributed by atoms with Crippen LogP contribution < -0.4 is 11.5 Å². The fraction of sp³-hybridized carbons (Fsp3) is 0.750. The van der Waals surface area contributed by atoms with Gasteiger partial charge in [-0.15, -0.1) is 0 Å².